The summed E-state index contributed by atoms with van der Waals surface area (Å²) in [5.41, 5.74) is 5.34. The number of anilines is 1. The van der Waals surface area contributed by atoms with Crippen LogP contribution in [0.4, 0.5) is 10.6 Å². The molecular weight excluding hydrogens is 302 g/mol. The van der Waals surface area contributed by atoms with Crippen molar-refractivity contribution in [1.82, 2.24) is 4.98 Å². The Morgan fingerprint density at radius 3 is 2.52 bits per heavy atom. The summed E-state index contributed by atoms with van der Waals surface area (Å²) in [5.74, 6) is -0.448. The predicted molar refractivity (Wildman–Crippen MR) is 83.7 cm³/mol. The largest absolute Gasteiger partial charge is 0.465 e. The van der Waals surface area contributed by atoms with Crippen LogP contribution in [0.2, 0.25) is 0 Å². The molecule has 23 heavy (non-hydrogen) atoms. The van der Waals surface area contributed by atoms with Crippen LogP contribution in [0.5, 0.6) is 0 Å². The molecule has 1 rings (SSSR count). The smallest absolute Gasteiger partial charge is 0.413 e. The zero-order chi connectivity index (χ0) is 17.6. The summed E-state index contributed by atoms with van der Waals surface area (Å²) in [4.78, 5) is 27.1. The molecule has 0 fully saturated rings. The van der Waals surface area contributed by atoms with Crippen LogP contribution >= 0.6 is 0 Å². The summed E-state index contributed by atoms with van der Waals surface area (Å²) in [5, 5.41) is 12.5. The number of carbonyl (C=O) groups is 2. The molecule has 0 aliphatic heterocycles. The molecule has 1 aromatic heterocycles. The maximum absolute atomic E-state index is 11.6. The van der Waals surface area contributed by atoms with Crippen LogP contribution in [-0.2, 0) is 14.3 Å². The second-order valence-electron chi connectivity index (χ2n) is 5.83. The highest BCUT2D eigenvalue weighted by molar-refractivity contribution is 5.83. The minimum Gasteiger partial charge on any atom is -0.465 e. The topological polar surface area (TPSA) is 124 Å². The number of esters is 1. The van der Waals surface area contributed by atoms with E-state index in [1.54, 1.807) is 27.7 Å². The average Bonchev–Trinajstić information content (AvgIpc) is 2.44. The molecule has 4 N–H and O–H groups in total. The van der Waals surface area contributed by atoms with Gasteiger partial charge in [-0.25, -0.2) is 9.78 Å². The van der Waals surface area contributed by atoms with E-state index in [4.69, 9.17) is 15.2 Å². The molecular formula is C15H23N3O5. The number of aromatic nitrogens is 1. The van der Waals surface area contributed by atoms with Gasteiger partial charge in [0, 0.05) is 11.8 Å². The van der Waals surface area contributed by atoms with Crippen LogP contribution in [0, 0.1) is 0 Å². The van der Waals surface area contributed by atoms with E-state index in [1.165, 1.54) is 18.3 Å². The molecule has 0 aromatic carbocycles. The molecule has 8 heteroatoms. The number of ether oxygens (including phenoxy) is 2. The van der Waals surface area contributed by atoms with E-state index in [1.807, 2.05) is 0 Å². The molecule has 0 radical (unpaired) electrons. The molecule has 8 nitrogen and oxygen atoms in total. The van der Waals surface area contributed by atoms with Gasteiger partial charge in [-0.3, -0.25) is 10.1 Å². The van der Waals surface area contributed by atoms with Gasteiger partial charge in [-0.15, -0.1) is 0 Å². The van der Waals surface area contributed by atoms with Crippen molar-refractivity contribution in [2.75, 3.05) is 11.9 Å². The summed E-state index contributed by atoms with van der Waals surface area (Å²) in [6.07, 6.45) is -0.574. The van der Waals surface area contributed by atoms with Crippen LogP contribution in [0.25, 0.3) is 0 Å². The van der Waals surface area contributed by atoms with Gasteiger partial charge in [0.1, 0.15) is 23.6 Å². The number of nitrogens with two attached hydrogens (primary N) is 1. The molecule has 0 spiro atoms. The SMILES string of the molecule is CCOC(=O)[C@@H](N)[C@H](O)c1ccc(NC(=O)OC(C)(C)C)nc1. The predicted octanol–water partition coefficient (Wildman–Crippen LogP) is 1.35. The number of aliphatic hydroxyl groups excluding tert-OH is 1. The molecule has 0 bridgehead atoms. The second kappa shape index (κ2) is 7.89. The quantitative estimate of drug-likeness (QED) is 0.698. The number of hydrogen-bond acceptors (Lipinski definition) is 7. The fraction of sp³-hybridized carbons (Fsp3) is 0.533. The first-order chi connectivity index (χ1) is 10.6. The Bertz CT molecular complexity index is 539. The molecule has 0 aliphatic carbocycles. The minimum absolute atomic E-state index is 0.177. The van der Waals surface area contributed by atoms with Crippen LogP contribution in [-0.4, -0.2) is 40.4 Å². The molecule has 1 heterocycles. The van der Waals surface area contributed by atoms with Gasteiger partial charge in [0.25, 0.3) is 0 Å². The maximum Gasteiger partial charge on any atom is 0.413 e. The molecule has 0 saturated carbocycles. The molecule has 1 amide bonds. The van der Waals surface area contributed by atoms with E-state index in [9.17, 15) is 14.7 Å². The monoisotopic (exact) mass is 325 g/mol. The summed E-state index contributed by atoms with van der Waals surface area (Å²) < 4.78 is 9.85. The number of pyridine rings is 1. The van der Waals surface area contributed by atoms with Gasteiger partial charge in [-0.2, -0.15) is 0 Å². The van der Waals surface area contributed by atoms with Gasteiger partial charge >= 0.3 is 12.1 Å². The number of carbonyl (C=O) groups excluding carboxylic acids is 2. The lowest BCUT2D eigenvalue weighted by atomic mass is 10.1. The maximum atomic E-state index is 11.6. The molecule has 0 saturated heterocycles. The lowest BCUT2D eigenvalue weighted by Gasteiger charge is -2.20. The summed E-state index contributed by atoms with van der Waals surface area (Å²) in [6, 6.07) is 1.77. The van der Waals surface area contributed by atoms with Crippen molar-refractivity contribution in [3.63, 3.8) is 0 Å². The van der Waals surface area contributed by atoms with Crippen LogP contribution in [0.3, 0.4) is 0 Å². The van der Waals surface area contributed by atoms with Gasteiger partial charge in [0.05, 0.1) is 6.61 Å². The standard InChI is InChI=1S/C15H23N3O5/c1-5-22-13(20)11(16)12(19)9-6-7-10(17-8-9)18-14(21)23-15(2,3)4/h6-8,11-12,19H,5,16H2,1-4H3,(H,17,18,21)/t11-,12+/m0/s1. The lowest BCUT2D eigenvalue weighted by Crippen LogP contribution is -2.38. The normalized spacial score (nSPS) is 13.8. The van der Waals surface area contributed by atoms with Gasteiger partial charge in [-0.05, 0) is 33.8 Å². The van der Waals surface area contributed by atoms with Crippen molar-refractivity contribution in [1.29, 1.82) is 0 Å². The molecule has 1 aromatic rings. The Balaban J connectivity index is 2.69. The van der Waals surface area contributed by atoms with E-state index in [0.29, 0.717) is 5.56 Å². The first-order valence-corrected chi connectivity index (χ1v) is 7.20. The zero-order valence-electron chi connectivity index (χ0n) is 13.7. The van der Waals surface area contributed by atoms with Gasteiger partial charge in [0.15, 0.2) is 0 Å². The fourth-order valence-electron chi connectivity index (χ4n) is 1.64. The average molecular weight is 325 g/mol. The third kappa shape index (κ3) is 6.21. The van der Waals surface area contributed by atoms with Crippen LogP contribution < -0.4 is 11.1 Å². The van der Waals surface area contributed by atoms with E-state index < -0.39 is 29.8 Å². The Labute approximate surface area is 135 Å². The van der Waals surface area contributed by atoms with Gasteiger partial charge < -0.3 is 20.3 Å². The number of rotatable bonds is 5. The third-order valence-electron chi connectivity index (χ3n) is 2.66. The van der Waals surface area contributed by atoms with Crippen molar-refractivity contribution >= 4 is 17.9 Å². The number of aliphatic hydroxyl groups is 1. The van der Waals surface area contributed by atoms with E-state index in [2.05, 4.69) is 10.3 Å². The second-order valence-corrected chi connectivity index (χ2v) is 5.83. The highest BCUT2D eigenvalue weighted by atomic mass is 16.6. The number of hydrogen-bond donors (Lipinski definition) is 3. The Hall–Kier alpha value is -2.19. The third-order valence-corrected chi connectivity index (χ3v) is 2.66. The molecule has 0 unspecified atom stereocenters. The van der Waals surface area contributed by atoms with Crippen LogP contribution in [0.1, 0.15) is 39.4 Å². The summed E-state index contributed by atoms with van der Waals surface area (Å²) >= 11 is 0. The van der Waals surface area contributed by atoms with Crippen molar-refractivity contribution in [3.8, 4) is 0 Å². The minimum atomic E-state index is -1.25. The molecule has 2 atom stereocenters. The fourth-order valence-corrected chi connectivity index (χ4v) is 1.64. The zero-order valence-corrected chi connectivity index (χ0v) is 13.7. The molecule has 0 aliphatic rings. The number of nitrogens with zero attached hydrogens (tertiary/aromatic N) is 1. The van der Waals surface area contributed by atoms with E-state index in [0.717, 1.165) is 0 Å². The van der Waals surface area contributed by atoms with Crippen molar-refractivity contribution in [3.05, 3.63) is 23.9 Å². The van der Waals surface area contributed by atoms with Crippen molar-refractivity contribution in [2.45, 2.75) is 45.4 Å². The Morgan fingerprint density at radius 2 is 2.04 bits per heavy atom. The van der Waals surface area contributed by atoms with E-state index in [-0.39, 0.29) is 12.4 Å². The first kappa shape index (κ1) is 18.9. The number of amides is 1. The molecule has 128 valence electrons. The highest BCUT2D eigenvalue weighted by Crippen LogP contribution is 2.18. The highest BCUT2D eigenvalue weighted by Gasteiger charge is 2.25. The van der Waals surface area contributed by atoms with E-state index >= 15 is 0 Å². The number of nitrogens with one attached hydrogen (secondary N) is 1. The van der Waals surface area contributed by atoms with Crippen molar-refractivity contribution < 1.29 is 24.2 Å². The Morgan fingerprint density at radius 1 is 1.39 bits per heavy atom. The van der Waals surface area contributed by atoms with Crippen molar-refractivity contribution in [2.24, 2.45) is 5.73 Å². The van der Waals surface area contributed by atoms with Crippen LogP contribution in [0.15, 0.2) is 18.3 Å². The van der Waals surface area contributed by atoms with Gasteiger partial charge in [0.2, 0.25) is 0 Å². The summed E-state index contributed by atoms with van der Waals surface area (Å²) in [6.45, 7) is 7.06. The Kier molecular flexibility index (Phi) is 6.47. The summed E-state index contributed by atoms with van der Waals surface area (Å²) in [7, 11) is 0. The first-order valence-electron chi connectivity index (χ1n) is 7.20. The lowest BCUT2D eigenvalue weighted by molar-refractivity contribution is -0.147. The van der Waals surface area contributed by atoms with Gasteiger partial charge in [-0.1, -0.05) is 6.07 Å².